The summed E-state index contributed by atoms with van der Waals surface area (Å²) in [5, 5.41) is 10.5. The molecule has 1 N–H and O–H groups in total. The van der Waals surface area contributed by atoms with Crippen LogP contribution in [0, 0.1) is 0 Å². The highest BCUT2D eigenvalue weighted by atomic mass is 28.2. The maximum atomic E-state index is 9.79. The third-order valence-corrected chi connectivity index (χ3v) is 3.39. The Morgan fingerprint density at radius 3 is 2.42 bits per heavy atom. The monoisotopic (exact) mass is 178 g/mol. The number of rotatable bonds is 3. The Balaban J connectivity index is 2.64. The van der Waals surface area contributed by atoms with Crippen LogP contribution >= 0.6 is 0 Å². The van der Waals surface area contributed by atoms with Gasteiger partial charge in [-0.15, -0.1) is 0 Å². The molecule has 12 heavy (non-hydrogen) atoms. The van der Waals surface area contributed by atoms with Gasteiger partial charge in [0, 0.05) is 0 Å². The second kappa shape index (κ2) is 3.87. The van der Waals surface area contributed by atoms with Gasteiger partial charge >= 0.3 is 0 Å². The lowest BCUT2D eigenvalue weighted by atomic mass is 10.3. The van der Waals surface area contributed by atoms with Crippen molar-refractivity contribution in [1.82, 2.24) is 0 Å². The van der Waals surface area contributed by atoms with E-state index in [4.69, 9.17) is 0 Å². The van der Waals surface area contributed by atoms with Gasteiger partial charge in [0.15, 0.2) is 0 Å². The van der Waals surface area contributed by atoms with E-state index in [0.29, 0.717) is 9.52 Å². The zero-order chi connectivity index (χ0) is 9.03. The summed E-state index contributed by atoms with van der Waals surface area (Å²) in [4.78, 5) is 0. The van der Waals surface area contributed by atoms with Crippen LogP contribution in [0.4, 0.5) is 0 Å². The first-order valence-corrected chi connectivity index (χ1v) is 5.19. The Bertz CT molecular complexity index is 231. The fourth-order valence-electron chi connectivity index (χ4n) is 0.921. The summed E-state index contributed by atoms with van der Waals surface area (Å²) >= 11 is 0. The first kappa shape index (κ1) is 9.48. The molecule has 1 aromatic carbocycles. The van der Waals surface area contributed by atoms with E-state index in [0.717, 1.165) is 6.42 Å². The van der Waals surface area contributed by atoms with Gasteiger partial charge in [-0.25, -0.2) is 0 Å². The van der Waals surface area contributed by atoms with Crippen LogP contribution in [0.15, 0.2) is 30.3 Å². The molecule has 0 aliphatic carbocycles. The Hall–Kier alpha value is -0.603. The smallest absolute Gasteiger partial charge is 0.122 e. The molecule has 0 aliphatic rings. The van der Waals surface area contributed by atoms with Crippen LogP contribution in [0.5, 0.6) is 0 Å². The number of aliphatic hydroxyl groups is 1. The predicted octanol–water partition coefficient (Wildman–Crippen LogP) is 1.13. The summed E-state index contributed by atoms with van der Waals surface area (Å²) in [6, 6.07) is 10.1. The fourth-order valence-corrected chi connectivity index (χ4v) is 2.08. The molecule has 64 valence electrons. The van der Waals surface area contributed by atoms with E-state index in [1.807, 2.05) is 32.0 Å². The highest BCUT2D eigenvalue weighted by Gasteiger charge is 2.18. The van der Waals surface area contributed by atoms with Gasteiger partial charge in [0.25, 0.3) is 0 Å². The third kappa shape index (κ3) is 2.79. The molecule has 0 saturated carbocycles. The molecule has 1 rings (SSSR count). The first-order chi connectivity index (χ1) is 5.64. The molecule has 0 amide bonds. The van der Waals surface area contributed by atoms with Crippen LogP contribution in [0.2, 0.25) is 0 Å². The lowest BCUT2D eigenvalue weighted by Gasteiger charge is -2.19. The van der Waals surface area contributed by atoms with E-state index in [2.05, 4.69) is 12.1 Å². The quantitative estimate of drug-likeness (QED) is 0.688. The van der Waals surface area contributed by atoms with Gasteiger partial charge < -0.3 is 5.11 Å². The lowest BCUT2D eigenvalue weighted by Crippen LogP contribution is -2.38. The van der Waals surface area contributed by atoms with Crippen LogP contribution in [0.25, 0.3) is 0 Å². The summed E-state index contributed by atoms with van der Waals surface area (Å²) in [6.45, 7) is 3.90. The Morgan fingerprint density at radius 2 is 1.92 bits per heavy atom. The zero-order valence-corrected chi connectivity index (χ0v) is 8.54. The van der Waals surface area contributed by atoms with Gasteiger partial charge in [-0.1, -0.05) is 42.4 Å². The average molecular weight is 178 g/mol. The molecule has 1 nitrogen and oxygen atoms in total. The van der Waals surface area contributed by atoms with Gasteiger partial charge in [0.2, 0.25) is 0 Å². The first-order valence-electron chi connectivity index (χ1n) is 4.19. The summed E-state index contributed by atoms with van der Waals surface area (Å²) in [7, 11) is 0.487. The molecular weight excluding hydrogens is 164 g/mol. The standard InChI is InChI=1S/C10H14OSi/c1-3-10(2,11)12-9-7-5-4-6-8-9/h4-8,11H,3H2,1-2H3. The van der Waals surface area contributed by atoms with Crippen molar-refractivity contribution >= 4 is 14.7 Å². The highest BCUT2D eigenvalue weighted by Crippen LogP contribution is 2.05. The van der Waals surface area contributed by atoms with E-state index in [-0.39, 0.29) is 0 Å². The Labute approximate surface area is 76.3 Å². The van der Waals surface area contributed by atoms with E-state index >= 15 is 0 Å². The zero-order valence-electron chi connectivity index (χ0n) is 7.54. The predicted molar refractivity (Wildman–Crippen MR) is 52.7 cm³/mol. The Kier molecular flexibility index (Phi) is 3.06. The molecule has 1 aromatic rings. The van der Waals surface area contributed by atoms with Crippen LogP contribution in [0.3, 0.4) is 0 Å². The molecule has 0 spiro atoms. The number of hydrogen-bond donors (Lipinski definition) is 1. The molecule has 0 saturated heterocycles. The van der Waals surface area contributed by atoms with E-state index in [1.54, 1.807) is 0 Å². The summed E-state index contributed by atoms with van der Waals surface area (Å²) in [6.07, 6.45) is 0.806. The van der Waals surface area contributed by atoms with Crippen LogP contribution < -0.4 is 5.19 Å². The molecule has 1 atom stereocenters. The van der Waals surface area contributed by atoms with Crippen molar-refractivity contribution < 1.29 is 5.11 Å². The van der Waals surface area contributed by atoms with Gasteiger partial charge in [-0.3, -0.25) is 0 Å². The molecule has 0 fully saturated rings. The van der Waals surface area contributed by atoms with Crippen molar-refractivity contribution in [1.29, 1.82) is 0 Å². The minimum Gasteiger partial charge on any atom is -0.394 e. The summed E-state index contributed by atoms with van der Waals surface area (Å²) < 4.78 is 0. The van der Waals surface area contributed by atoms with Gasteiger partial charge in [0.1, 0.15) is 9.52 Å². The van der Waals surface area contributed by atoms with Crippen molar-refractivity contribution in [3.05, 3.63) is 30.3 Å². The lowest BCUT2D eigenvalue weighted by molar-refractivity contribution is 0.142. The second-order valence-corrected chi connectivity index (χ2v) is 5.02. The summed E-state index contributed by atoms with van der Waals surface area (Å²) in [5.74, 6) is 0. The van der Waals surface area contributed by atoms with Crippen molar-refractivity contribution in [3.63, 3.8) is 0 Å². The highest BCUT2D eigenvalue weighted by molar-refractivity contribution is 6.56. The molecule has 2 radical (unpaired) electrons. The largest absolute Gasteiger partial charge is 0.394 e. The van der Waals surface area contributed by atoms with Gasteiger partial charge in [-0.05, 0) is 13.3 Å². The summed E-state index contributed by atoms with van der Waals surface area (Å²) in [5.41, 5.74) is 0. The third-order valence-electron chi connectivity index (χ3n) is 1.88. The molecule has 0 aliphatic heterocycles. The maximum absolute atomic E-state index is 9.79. The molecule has 0 bridgehead atoms. The minimum absolute atomic E-state index is 0.487. The molecular formula is C10H14OSi. The topological polar surface area (TPSA) is 20.2 Å². The molecule has 2 heteroatoms. The maximum Gasteiger partial charge on any atom is 0.122 e. The van der Waals surface area contributed by atoms with Crippen LogP contribution in [-0.4, -0.2) is 19.9 Å². The van der Waals surface area contributed by atoms with E-state index in [1.165, 1.54) is 5.19 Å². The molecule has 0 aromatic heterocycles. The van der Waals surface area contributed by atoms with Gasteiger partial charge in [-0.2, -0.15) is 0 Å². The minimum atomic E-state index is -0.526. The molecule has 1 unspecified atom stereocenters. The van der Waals surface area contributed by atoms with Crippen molar-refractivity contribution in [3.8, 4) is 0 Å². The van der Waals surface area contributed by atoms with E-state index < -0.39 is 5.22 Å². The second-order valence-electron chi connectivity index (χ2n) is 3.12. The molecule has 0 heterocycles. The van der Waals surface area contributed by atoms with E-state index in [9.17, 15) is 5.11 Å². The van der Waals surface area contributed by atoms with Crippen LogP contribution in [0.1, 0.15) is 20.3 Å². The number of hydrogen-bond acceptors (Lipinski definition) is 1. The normalized spacial score (nSPS) is 15.6. The van der Waals surface area contributed by atoms with Crippen molar-refractivity contribution in [2.45, 2.75) is 25.5 Å². The SMILES string of the molecule is CCC(C)(O)[Si]c1ccccc1. The Morgan fingerprint density at radius 1 is 1.33 bits per heavy atom. The number of benzene rings is 1. The van der Waals surface area contributed by atoms with Crippen molar-refractivity contribution in [2.75, 3.05) is 0 Å². The van der Waals surface area contributed by atoms with Crippen molar-refractivity contribution in [2.24, 2.45) is 0 Å². The fraction of sp³-hybridized carbons (Fsp3) is 0.400. The van der Waals surface area contributed by atoms with Gasteiger partial charge in [0.05, 0.1) is 5.22 Å². The van der Waals surface area contributed by atoms with Crippen LogP contribution in [-0.2, 0) is 0 Å². The average Bonchev–Trinajstić information content (AvgIpc) is 2.06.